The van der Waals surface area contributed by atoms with Crippen molar-refractivity contribution >= 4 is 6.29 Å². The third kappa shape index (κ3) is 1.76. The molecule has 1 aliphatic carbocycles. The van der Waals surface area contributed by atoms with Crippen LogP contribution in [0.3, 0.4) is 0 Å². The van der Waals surface area contributed by atoms with Gasteiger partial charge in [0.1, 0.15) is 12.3 Å². The van der Waals surface area contributed by atoms with E-state index >= 15 is 0 Å². The van der Waals surface area contributed by atoms with Crippen LogP contribution in [0.25, 0.3) is 0 Å². The molecule has 0 saturated heterocycles. The lowest BCUT2D eigenvalue weighted by Gasteiger charge is -1.94. The molecule has 3 rings (SSSR count). The molecule has 2 aromatic heterocycles. The maximum absolute atomic E-state index is 10.4. The molecule has 1 fully saturated rings. The fourth-order valence-electron chi connectivity index (χ4n) is 1.66. The van der Waals surface area contributed by atoms with E-state index in [1.54, 1.807) is 16.8 Å². The number of aromatic nitrogens is 3. The summed E-state index contributed by atoms with van der Waals surface area (Å²) in [6.45, 7) is 0.521. The Morgan fingerprint density at radius 2 is 2.38 bits per heavy atom. The normalized spacial score (nSPS) is 15.2. The molecule has 0 aliphatic heterocycles. The number of furan rings is 1. The molecule has 0 atom stereocenters. The third-order valence-electron chi connectivity index (χ3n) is 2.67. The van der Waals surface area contributed by atoms with Gasteiger partial charge in [-0.15, -0.1) is 5.10 Å². The van der Waals surface area contributed by atoms with Gasteiger partial charge in [-0.25, -0.2) is 4.68 Å². The second kappa shape index (κ2) is 3.59. The summed E-state index contributed by atoms with van der Waals surface area (Å²) in [7, 11) is 0. The van der Waals surface area contributed by atoms with Crippen molar-refractivity contribution in [3.05, 3.63) is 35.5 Å². The van der Waals surface area contributed by atoms with Gasteiger partial charge in [0.25, 0.3) is 0 Å². The minimum atomic E-state index is 0.345. The van der Waals surface area contributed by atoms with Crippen molar-refractivity contribution in [3.8, 4) is 0 Å². The first-order valence-corrected chi connectivity index (χ1v) is 5.29. The minimum Gasteiger partial charge on any atom is -0.456 e. The molecule has 82 valence electrons. The van der Waals surface area contributed by atoms with Crippen LogP contribution in [0.1, 0.15) is 40.8 Å². The molecule has 1 aliphatic rings. The largest absolute Gasteiger partial charge is 0.456 e. The zero-order valence-electron chi connectivity index (χ0n) is 8.67. The van der Waals surface area contributed by atoms with Gasteiger partial charge in [-0.1, -0.05) is 5.21 Å². The van der Waals surface area contributed by atoms with E-state index in [0.717, 1.165) is 5.69 Å². The Kier molecular flexibility index (Phi) is 2.09. The molecule has 2 aromatic rings. The first-order valence-electron chi connectivity index (χ1n) is 5.29. The van der Waals surface area contributed by atoms with Crippen LogP contribution in [0.15, 0.2) is 22.7 Å². The topological polar surface area (TPSA) is 60.9 Å². The molecule has 5 nitrogen and oxygen atoms in total. The first-order chi connectivity index (χ1) is 7.85. The van der Waals surface area contributed by atoms with Gasteiger partial charge in [-0.05, 0) is 25.0 Å². The maximum Gasteiger partial charge on any atom is 0.185 e. The summed E-state index contributed by atoms with van der Waals surface area (Å²) in [5, 5.41) is 8.13. The van der Waals surface area contributed by atoms with Gasteiger partial charge in [0.05, 0.1) is 5.69 Å². The Labute approximate surface area is 92.1 Å². The lowest BCUT2D eigenvalue weighted by molar-refractivity contribution is 0.109. The van der Waals surface area contributed by atoms with Crippen LogP contribution in [-0.2, 0) is 6.54 Å². The number of carbonyl (C=O) groups excluding carboxylic acids is 1. The van der Waals surface area contributed by atoms with Crippen LogP contribution in [0.5, 0.6) is 0 Å². The minimum absolute atomic E-state index is 0.345. The molecule has 0 spiro atoms. The predicted octanol–water partition coefficient (Wildman–Crippen LogP) is 1.61. The molecule has 16 heavy (non-hydrogen) atoms. The monoisotopic (exact) mass is 217 g/mol. The average molecular weight is 217 g/mol. The summed E-state index contributed by atoms with van der Waals surface area (Å²) in [5.41, 5.74) is 1.06. The van der Waals surface area contributed by atoms with Gasteiger partial charge in [-0.3, -0.25) is 4.79 Å². The van der Waals surface area contributed by atoms with Crippen LogP contribution in [0.4, 0.5) is 0 Å². The highest BCUT2D eigenvalue weighted by Gasteiger charge is 2.26. The second-order valence-electron chi connectivity index (χ2n) is 4.04. The summed E-state index contributed by atoms with van der Waals surface area (Å²) >= 11 is 0. The van der Waals surface area contributed by atoms with Crippen molar-refractivity contribution in [1.82, 2.24) is 15.0 Å². The van der Waals surface area contributed by atoms with Crippen molar-refractivity contribution < 1.29 is 9.21 Å². The Bertz CT molecular complexity index is 511. The lowest BCUT2D eigenvalue weighted by atomic mass is 10.3. The van der Waals surface area contributed by atoms with E-state index in [1.807, 2.05) is 6.20 Å². The number of hydrogen-bond acceptors (Lipinski definition) is 4. The molecule has 0 aromatic carbocycles. The van der Waals surface area contributed by atoms with Crippen molar-refractivity contribution in [2.45, 2.75) is 25.3 Å². The van der Waals surface area contributed by atoms with Crippen molar-refractivity contribution in [2.24, 2.45) is 0 Å². The lowest BCUT2D eigenvalue weighted by Crippen LogP contribution is -1.98. The summed E-state index contributed by atoms with van der Waals surface area (Å²) in [6.07, 6.45) is 5.07. The van der Waals surface area contributed by atoms with Crippen LogP contribution >= 0.6 is 0 Å². The molecule has 0 N–H and O–H groups in total. The summed E-state index contributed by atoms with van der Waals surface area (Å²) < 4.78 is 7.00. The van der Waals surface area contributed by atoms with E-state index in [9.17, 15) is 4.79 Å². The smallest absolute Gasteiger partial charge is 0.185 e. The van der Waals surface area contributed by atoms with Gasteiger partial charge >= 0.3 is 0 Å². The Hall–Kier alpha value is -1.91. The number of nitrogens with zero attached hydrogens (tertiary/aromatic N) is 3. The number of hydrogen-bond donors (Lipinski definition) is 0. The zero-order valence-corrected chi connectivity index (χ0v) is 8.67. The van der Waals surface area contributed by atoms with E-state index in [4.69, 9.17) is 4.42 Å². The van der Waals surface area contributed by atoms with Crippen LogP contribution in [0.2, 0.25) is 0 Å². The Morgan fingerprint density at radius 3 is 3.06 bits per heavy atom. The highest BCUT2D eigenvalue weighted by molar-refractivity contribution is 5.70. The zero-order chi connectivity index (χ0) is 11.0. The van der Waals surface area contributed by atoms with E-state index in [2.05, 4.69) is 10.3 Å². The van der Waals surface area contributed by atoms with Crippen LogP contribution < -0.4 is 0 Å². The molecule has 0 bridgehead atoms. The average Bonchev–Trinajstić information content (AvgIpc) is 2.88. The summed E-state index contributed by atoms with van der Waals surface area (Å²) in [6, 6.07) is 3.43. The molecular weight excluding hydrogens is 206 g/mol. The molecule has 0 amide bonds. The van der Waals surface area contributed by atoms with Crippen LogP contribution in [-0.4, -0.2) is 21.3 Å². The molecule has 1 saturated carbocycles. The molecule has 0 unspecified atom stereocenters. The van der Waals surface area contributed by atoms with Crippen LogP contribution in [0, 0.1) is 0 Å². The molecular formula is C11H11N3O2. The van der Waals surface area contributed by atoms with Gasteiger partial charge in [-0.2, -0.15) is 0 Å². The molecule has 2 heterocycles. The number of rotatable bonds is 4. The van der Waals surface area contributed by atoms with E-state index in [0.29, 0.717) is 30.3 Å². The quantitative estimate of drug-likeness (QED) is 0.730. The number of carbonyl (C=O) groups is 1. The number of aldehydes is 1. The maximum atomic E-state index is 10.4. The third-order valence-corrected chi connectivity index (χ3v) is 2.67. The highest BCUT2D eigenvalue weighted by Crippen LogP contribution is 2.38. The standard InChI is InChI=1S/C11H11N3O2/c15-7-10-4-3-9(16-10)5-14-6-11(12-13-14)8-1-2-8/h3-4,6-8H,1-2,5H2. The van der Waals surface area contributed by atoms with Gasteiger partial charge in [0.15, 0.2) is 12.0 Å². The van der Waals surface area contributed by atoms with Gasteiger partial charge in [0.2, 0.25) is 0 Å². The SMILES string of the molecule is O=Cc1ccc(Cn2cc(C3CC3)nn2)o1. The molecule has 5 heteroatoms. The molecule has 0 radical (unpaired) electrons. The summed E-state index contributed by atoms with van der Waals surface area (Å²) in [5.74, 6) is 1.67. The van der Waals surface area contributed by atoms with Gasteiger partial charge in [0, 0.05) is 12.1 Å². The van der Waals surface area contributed by atoms with E-state index in [1.165, 1.54) is 12.8 Å². The highest BCUT2D eigenvalue weighted by atomic mass is 16.3. The van der Waals surface area contributed by atoms with Crippen molar-refractivity contribution in [2.75, 3.05) is 0 Å². The second-order valence-corrected chi connectivity index (χ2v) is 4.04. The van der Waals surface area contributed by atoms with Crippen molar-refractivity contribution in [3.63, 3.8) is 0 Å². The van der Waals surface area contributed by atoms with Crippen molar-refractivity contribution in [1.29, 1.82) is 0 Å². The first kappa shape index (κ1) is 9.33. The van der Waals surface area contributed by atoms with E-state index < -0.39 is 0 Å². The fourth-order valence-corrected chi connectivity index (χ4v) is 1.66. The van der Waals surface area contributed by atoms with E-state index in [-0.39, 0.29) is 0 Å². The fraction of sp³-hybridized carbons (Fsp3) is 0.364. The predicted molar refractivity (Wildman–Crippen MR) is 55.2 cm³/mol. The van der Waals surface area contributed by atoms with Gasteiger partial charge < -0.3 is 4.42 Å². The summed E-state index contributed by atoms with van der Waals surface area (Å²) in [4.78, 5) is 10.4. The Balaban J connectivity index is 1.74. The Morgan fingerprint density at radius 1 is 1.50 bits per heavy atom.